The zero-order valence-corrected chi connectivity index (χ0v) is 14.8. The summed E-state index contributed by atoms with van der Waals surface area (Å²) < 4.78 is 24.2. The lowest BCUT2D eigenvalue weighted by Crippen LogP contribution is -2.45. The van der Waals surface area contributed by atoms with E-state index >= 15 is 0 Å². The maximum Gasteiger partial charge on any atom is 0.269 e. The Morgan fingerprint density at radius 2 is 1.80 bits per heavy atom. The number of amides is 1. The number of nitrogens with zero attached hydrogens (tertiary/aromatic N) is 3. The second-order valence-electron chi connectivity index (χ2n) is 6.10. The molecule has 1 aliphatic heterocycles. The molecule has 0 bridgehead atoms. The Balaban J connectivity index is 1.78. The Hall–Kier alpha value is -2.23. The molecule has 25 heavy (non-hydrogen) atoms. The van der Waals surface area contributed by atoms with E-state index in [2.05, 4.69) is 10.5 Å². The molecule has 0 saturated carbocycles. The molecule has 0 unspecified atom stereocenters. The largest absolute Gasteiger partial charge is 0.285 e. The van der Waals surface area contributed by atoms with Gasteiger partial charge in [0, 0.05) is 19.3 Å². The third kappa shape index (κ3) is 4.06. The molecule has 8 nitrogen and oxygen atoms in total. The first-order valence-electron chi connectivity index (χ1n) is 8.10. The molecule has 0 radical (unpaired) electrons. The van der Waals surface area contributed by atoms with Gasteiger partial charge in [-0.15, -0.1) is 0 Å². The average Bonchev–Trinajstić information content (AvgIpc) is 2.97. The van der Waals surface area contributed by atoms with Crippen molar-refractivity contribution in [2.45, 2.75) is 31.1 Å². The van der Waals surface area contributed by atoms with E-state index in [4.69, 9.17) is 5.14 Å². The first-order chi connectivity index (χ1) is 11.8. The molecule has 9 heteroatoms. The second kappa shape index (κ2) is 6.95. The van der Waals surface area contributed by atoms with Crippen LogP contribution in [0, 0.1) is 6.92 Å². The summed E-state index contributed by atoms with van der Waals surface area (Å²) in [4.78, 5) is 12.5. The molecule has 1 fully saturated rings. The lowest BCUT2D eigenvalue weighted by molar-refractivity contribution is 0.0749. The fourth-order valence-corrected chi connectivity index (χ4v) is 3.33. The van der Waals surface area contributed by atoms with Crippen molar-refractivity contribution in [1.29, 1.82) is 0 Å². The monoisotopic (exact) mass is 363 g/mol. The maximum absolute atomic E-state index is 12.5. The highest BCUT2D eigenvalue weighted by molar-refractivity contribution is 7.89. The highest BCUT2D eigenvalue weighted by Crippen LogP contribution is 2.15. The third-order valence-electron chi connectivity index (χ3n) is 4.19. The number of piperidine rings is 1. The summed E-state index contributed by atoms with van der Waals surface area (Å²) in [6.45, 7) is 3.47. The van der Waals surface area contributed by atoms with Crippen molar-refractivity contribution in [2.75, 3.05) is 13.1 Å². The van der Waals surface area contributed by atoms with Gasteiger partial charge >= 0.3 is 0 Å². The zero-order chi connectivity index (χ0) is 18.0. The molecule has 0 atom stereocenters. The van der Waals surface area contributed by atoms with Crippen LogP contribution < -0.4 is 10.6 Å². The Kier molecular flexibility index (Phi) is 4.89. The SMILES string of the molecule is Cc1nn(-c2ccc(S(N)(=O)=O)cc2)cc1C(=O)NN1CCCCC1. The standard InChI is InChI=1S/C16H21N5O3S/c1-12-15(16(22)19-20-9-3-2-4-10-20)11-21(18-12)13-5-7-14(8-6-13)25(17,23)24/h5-8,11H,2-4,9-10H2,1H3,(H,19,22)(H2,17,23,24). The molecule has 1 aliphatic rings. The molecule has 3 N–H and O–H groups in total. The molecule has 134 valence electrons. The smallest absolute Gasteiger partial charge is 0.269 e. The molecule has 1 aromatic heterocycles. The van der Waals surface area contributed by atoms with E-state index in [1.807, 2.05) is 5.01 Å². The molecule has 1 saturated heterocycles. The Morgan fingerprint density at radius 1 is 1.16 bits per heavy atom. The molecule has 0 spiro atoms. The van der Waals surface area contributed by atoms with Crippen LogP contribution in [0.3, 0.4) is 0 Å². The molecule has 0 aliphatic carbocycles. The molecular formula is C16H21N5O3S. The van der Waals surface area contributed by atoms with Crippen molar-refractivity contribution in [3.05, 3.63) is 41.7 Å². The van der Waals surface area contributed by atoms with Crippen molar-refractivity contribution in [1.82, 2.24) is 20.2 Å². The van der Waals surface area contributed by atoms with Crippen LogP contribution in [0.4, 0.5) is 0 Å². The summed E-state index contributed by atoms with van der Waals surface area (Å²) >= 11 is 0. The van der Waals surface area contributed by atoms with E-state index in [-0.39, 0.29) is 10.8 Å². The average molecular weight is 363 g/mol. The van der Waals surface area contributed by atoms with Gasteiger partial charge in [0.05, 0.1) is 21.8 Å². The number of primary sulfonamides is 1. The first kappa shape index (κ1) is 17.6. The van der Waals surface area contributed by atoms with Gasteiger partial charge in [-0.3, -0.25) is 10.2 Å². The molecule has 1 aromatic carbocycles. The number of aromatic nitrogens is 2. The molecule has 2 aromatic rings. The number of nitrogens with one attached hydrogen (secondary N) is 1. The molecule has 2 heterocycles. The van der Waals surface area contributed by atoms with Gasteiger partial charge in [-0.1, -0.05) is 6.42 Å². The minimum absolute atomic E-state index is 0.0307. The Labute approximate surface area is 146 Å². The number of rotatable bonds is 4. The van der Waals surface area contributed by atoms with E-state index in [9.17, 15) is 13.2 Å². The van der Waals surface area contributed by atoms with E-state index in [1.54, 1.807) is 29.9 Å². The number of carbonyl (C=O) groups is 1. The maximum atomic E-state index is 12.5. The van der Waals surface area contributed by atoms with E-state index in [1.165, 1.54) is 18.6 Å². The quantitative estimate of drug-likeness (QED) is 0.841. The van der Waals surface area contributed by atoms with E-state index < -0.39 is 10.0 Å². The van der Waals surface area contributed by atoms with Gasteiger partial charge in [0.2, 0.25) is 10.0 Å². The highest BCUT2D eigenvalue weighted by atomic mass is 32.2. The summed E-state index contributed by atoms with van der Waals surface area (Å²) in [5.41, 5.74) is 4.65. The summed E-state index contributed by atoms with van der Waals surface area (Å²) in [5, 5.41) is 11.4. The number of benzene rings is 1. The van der Waals surface area contributed by atoms with Crippen LogP contribution in [-0.4, -0.2) is 42.2 Å². The van der Waals surface area contributed by atoms with Crippen LogP contribution >= 0.6 is 0 Å². The van der Waals surface area contributed by atoms with Crippen LogP contribution in [0.25, 0.3) is 5.69 Å². The fraction of sp³-hybridized carbons (Fsp3) is 0.375. The Bertz CT molecular complexity index is 868. The normalized spacial score (nSPS) is 15.9. The Morgan fingerprint density at radius 3 is 2.40 bits per heavy atom. The predicted octanol–water partition coefficient (Wildman–Crippen LogP) is 0.959. The summed E-state index contributed by atoms with van der Waals surface area (Å²) in [6, 6.07) is 6.02. The van der Waals surface area contributed by atoms with E-state index in [0.29, 0.717) is 16.9 Å². The van der Waals surface area contributed by atoms with Crippen molar-refractivity contribution in [2.24, 2.45) is 5.14 Å². The number of carbonyl (C=O) groups excluding carboxylic acids is 1. The number of aryl methyl sites for hydroxylation is 1. The minimum Gasteiger partial charge on any atom is -0.285 e. The number of hydrogen-bond acceptors (Lipinski definition) is 5. The number of nitrogens with two attached hydrogens (primary N) is 1. The second-order valence-corrected chi connectivity index (χ2v) is 7.66. The molecule has 3 rings (SSSR count). The molecule has 1 amide bonds. The molecular weight excluding hydrogens is 342 g/mol. The van der Waals surface area contributed by atoms with Crippen LogP contribution in [-0.2, 0) is 10.0 Å². The predicted molar refractivity (Wildman–Crippen MR) is 92.6 cm³/mol. The lowest BCUT2D eigenvalue weighted by Gasteiger charge is -2.26. The number of hydrazine groups is 1. The summed E-state index contributed by atoms with van der Waals surface area (Å²) in [6.07, 6.45) is 4.99. The van der Waals surface area contributed by atoms with Crippen LogP contribution in [0.1, 0.15) is 35.3 Å². The van der Waals surface area contributed by atoms with Gasteiger partial charge in [0.15, 0.2) is 0 Å². The van der Waals surface area contributed by atoms with Gasteiger partial charge in [0.25, 0.3) is 5.91 Å². The van der Waals surface area contributed by atoms with Crippen LogP contribution in [0.15, 0.2) is 35.4 Å². The van der Waals surface area contributed by atoms with Gasteiger partial charge in [-0.25, -0.2) is 23.2 Å². The minimum atomic E-state index is -3.73. The van der Waals surface area contributed by atoms with Gasteiger partial charge < -0.3 is 0 Å². The van der Waals surface area contributed by atoms with E-state index in [0.717, 1.165) is 25.9 Å². The van der Waals surface area contributed by atoms with Gasteiger partial charge in [-0.2, -0.15) is 5.10 Å². The number of sulfonamides is 1. The summed E-state index contributed by atoms with van der Waals surface area (Å²) in [7, 11) is -3.73. The van der Waals surface area contributed by atoms with Crippen molar-refractivity contribution in [3.63, 3.8) is 0 Å². The van der Waals surface area contributed by atoms with Crippen LogP contribution in [0.5, 0.6) is 0 Å². The van der Waals surface area contributed by atoms with Crippen molar-refractivity contribution < 1.29 is 13.2 Å². The van der Waals surface area contributed by atoms with Gasteiger partial charge in [-0.05, 0) is 44.0 Å². The van der Waals surface area contributed by atoms with Crippen LogP contribution in [0.2, 0.25) is 0 Å². The highest BCUT2D eigenvalue weighted by Gasteiger charge is 2.18. The van der Waals surface area contributed by atoms with Crippen molar-refractivity contribution >= 4 is 15.9 Å². The van der Waals surface area contributed by atoms with Gasteiger partial charge in [0.1, 0.15) is 0 Å². The fourth-order valence-electron chi connectivity index (χ4n) is 2.81. The lowest BCUT2D eigenvalue weighted by atomic mass is 10.2. The third-order valence-corrected chi connectivity index (χ3v) is 5.12. The first-order valence-corrected chi connectivity index (χ1v) is 9.65. The number of hydrogen-bond donors (Lipinski definition) is 2. The topological polar surface area (TPSA) is 110 Å². The van der Waals surface area contributed by atoms with Crippen molar-refractivity contribution in [3.8, 4) is 5.69 Å². The zero-order valence-electron chi connectivity index (χ0n) is 14.0. The summed E-state index contributed by atoms with van der Waals surface area (Å²) in [5.74, 6) is -0.188.